The summed E-state index contributed by atoms with van der Waals surface area (Å²) in [7, 11) is 0. The second-order valence-corrected chi connectivity index (χ2v) is 7.74. The fourth-order valence-corrected chi connectivity index (χ4v) is 4.92. The minimum atomic E-state index is -0.391. The summed E-state index contributed by atoms with van der Waals surface area (Å²) < 4.78 is 0. The van der Waals surface area contributed by atoms with Gasteiger partial charge in [-0.1, -0.05) is 42.5 Å². The third kappa shape index (κ3) is 2.82. The second kappa shape index (κ2) is 7.08. The number of nitrogens with one attached hydrogen (secondary N) is 1. The fraction of sp³-hybridized carbons (Fsp3) is 0.348. The lowest BCUT2D eigenvalue weighted by Gasteiger charge is -2.41. The maximum atomic E-state index is 11.8. The third-order valence-electron chi connectivity index (χ3n) is 6.29. The number of nitrogens with zero attached hydrogens (tertiary/aromatic N) is 2. The van der Waals surface area contributed by atoms with Crippen LogP contribution in [0.1, 0.15) is 23.6 Å². The normalized spacial score (nSPS) is 19.9. The molecule has 0 bridgehead atoms. The van der Waals surface area contributed by atoms with Crippen molar-refractivity contribution in [3.05, 3.63) is 59.7 Å². The van der Waals surface area contributed by atoms with Gasteiger partial charge in [0.1, 0.15) is 6.61 Å². The van der Waals surface area contributed by atoms with Crippen LogP contribution in [-0.4, -0.2) is 58.6 Å². The van der Waals surface area contributed by atoms with E-state index in [-0.39, 0.29) is 5.91 Å². The molecule has 1 atom stereocenters. The average molecular weight is 375 g/mol. The van der Waals surface area contributed by atoms with Gasteiger partial charge in [-0.05, 0) is 35.6 Å². The topological polar surface area (TPSA) is 59.6 Å². The highest BCUT2D eigenvalue weighted by atomic mass is 16.3. The number of hydrogen-bond donors (Lipinski definition) is 2. The molecule has 2 heterocycles. The van der Waals surface area contributed by atoms with Crippen molar-refractivity contribution in [3.8, 4) is 11.3 Å². The Bertz CT molecular complexity index is 1000. The lowest BCUT2D eigenvalue weighted by atomic mass is 9.85. The van der Waals surface area contributed by atoms with Gasteiger partial charge in [-0.3, -0.25) is 9.69 Å². The Morgan fingerprint density at radius 3 is 2.57 bits per heavy atom. The number of H-pyrrole nitrogens is 1. The van der Waals surface area contributed by atoms with Crippen LogP contribution in [0.15, 0.2) is 48.5 Å². The summed E-state index contributed by atoms with van der Waals surface area (Å²) in [6.07, 6.45) is 2.15. The smallest absolute Gasteiger partial charge is 0.248 e. The number of hydrogen-bond acceptors (Lipinski definition) is 3. The van der Waals surface area contributed by atoms with E-state index in [2.05, 4.69) is 58.4 Å². The van der Waals surface area contributed by atoms with Crippen LogP contribution in [0.25, 0.3) is 22.2 Å². The predicted octanol–water partition coefficient (Wildman–Crippen LogP) is 2.96. The zero-order valence-electron chi connectivity index (χ0n) is 15.9. The number of aryl methyl sites for hydroxylation is 1. The summed E-state index contributed by atoms with van der Waals surface area (Å²) >= 11 is 0. The van der Waals surface area contributed by atoms with E-state index < -0.39 is 6.61 Å². The number of carbonyl (C=O) groups excluding carboxylic acids is 1. The van der Waals surface area contributed by atoms with Crippen molar-refractivity contribution in [1.29, 1.82) is 0 Å². The van der Waals surface area contributed by atoms with Crippen molar-refractivity contribution in [2.24, 2.45) is 0 Å². The maximum Gasteiger partial charge on any atom is 0.248 e. The van der Waals surface area contributed by atoms with E-state index in [9.17, 15) is 4.79 Å². The summed E-state index contributed by atoms with van der Waals surface area (Å²) in [6.45, 7) is 2.72. The Labute approximate surface area is 164 Å². The number of aliphatic hydroxyl groups is 1. The number of aliphatic hydroxyl groups excluding tert-OH is 1. The molecule has 2 aromatic carbocycles. The minimum Gasteiger partial charge on any atom is -0.387 e. The number of piperazine rings is 1. The highest BCUT2D eigenvalue weighted by molar-refractivity contribution is 5.94. The van der Waals surface area contributed by atoms with Crippen LogP contribution in [0.4, 0.5) is 0 Å². The van der Waals surface area contributed by atoms with Gasteiger partial charge in [0, 0.05) is 48.8 Å². The van der Waals surface area contributed by atoms with E-state index in [0.29, 0.717) is 19.1 Å². The van der Waals surface area contributed by atoms with Crippen molar-refractivity contribution in [2.75, 3.05) is 32.8 Å². The predicted molar refractivity (Wildman–Crippen MR) is 110 cm³/mol. The number of benzene rings is 2. The first-order valence-electron chi connectivity index (χ1n) is 10.1. The lowest BCUT2D eigenvalue weighted by Crippen LogP contribution is -2.50. The molecule has 3 aromatic rings. The molecule has 0 saturated carbocycles. The molecule has 1 aromatic heterocycles. The largest absolute Gasteiger partial charge is 0.387 e. The lowest BCUT2D eigenvalue weighted by molar-refractivity contribution is -0.136. The quantitative estimate of drug-likeness (QED) is 0.740. The third-order valence-corrected chi connectivity index (χ3v) is 6.29. The molecule has 1 amide bonds. The maximum absolute atomic E-state index is 11.8. The molecule has 1 fully saturated rings. The number of amides is 1. The van der Waals surface area contributed by atoms with Gasteiger partial charge in [-0.15, -0.1) is 0 Å². The number of carbonyl (C=O) groups is 1. The highest BCUT2D eigenvalue weighted by Gasteiger charge is 2.32. The molecule has 0 spiro atoms. The molecule has 1 unspecified atom stereocenters. The summed E-state index contributed by atoms with van der Waals surface area (Å²) in [5.41, 5.74) is 6.54. The van der Waals surface area contributed by atoms with E-state index in [0.717, 1.165) is 25.9 Å². The monoisotopic (exact) mass is 375 g/mol. The summed E-state index contributed by atoms with van der Waals surface area (Å²) in [5.74, 6) is -0.161. The number of aromatic amines is 1. The SMILES string of the molecule is O=C(CO)N1CCN(C2CCc3c(-c4ccccc4)[nH]c4cccc2c34)CC1. The van der Waals surface area contributed by atoms with Crippen LogP contribution < -0.4 is 0 Å². The second-order valence-electron chi connectivity index (χ2n) is 7.74. The van der Waals surface area contributed by atoms with Gasteiger partial charge in [0.05, 0.1) is 0 Å². The van der Waals surface area contributed by atoms with Gasteiger partial charge < -0.3 is 15.0 Å². The zero-order valence-corrected chi connectivity index (χ0v) is 15.9. The van der Waals surface area contributed by atoms with Crippen molar-refractivity contribution in [1.82, 2.24) is 14.8 Å². The Balaban J connectivity index is 1.48. The molecule has 2 aliphatic rings. The van der Waals surface area contributed by atoms with Gasteiger partial charge in [0.15, 0.2) is 0 Å². The van der Waals surface area contributed by atoms with Crippen LogP contribution in [-0.2, 0) is 11.2 Å². The van der Waals surface area contributed by atoms with Crippen molar-refractivity contribution in [3.63, 3.8) is 0 Å². The van der Waals surface area contributed by atoms with Gasteiger partial charge in [-0.2, -0.15) is 0 Å². The molecular formula is C23H25N3O2. The first-order valence-corrected chi connectivity index (χ1v) is 10.1. The van der Waals surface area contributed by atoms with Crippen LogP contribution >= 0.6 is 0 Å². The standard InChI is InChI=1S/C23H25N3O2/c27-15-21(28)26-13-11-25(12-14-26)20-10-9-18-22-17(20)7-4-8-19(22)24-23(18)16-5-2-1-3-6-16/h1-8,20,24,27H,9-15H2. The van der Waals surface area contributed by atoms with Gasteiger partial charge in [0.25, 0.3) is 0 Å². The molecule has 2 N–H and O–H groups in total. The molecule has 1 aliphatic heterocycles. The van der Waals surface area contributed by atoms with Gasteiger partial charge >= 0.3 is 0 Å². The highest BCUT2D eigenvalue weighted by Crippen LogP contribution is 2.42. The Hall–Kier alpha value is -2.63. The first-order chi connectivity index (χ1) is 13.8. The van der Waals surface area contributed by atoms with Crippen molar-refractivity contribution >= 4 is 16.8 Å². The molecule has 1 aliphatic carbocycles. The fourth-order valence-electron chi connectivity index (χ4n) is 4.92. The van der Waals surface area contributed by atoms with E-state index >= 15 is 0 Å². The van der Waals surface area contributed by atoms with Crippen LogP contribution in [0.2, 0.25) is 0 Å². The van der Waals surface area contributed by atoms with Crippen LogP contribution in [0, 0.1) is 0 Å². The van der Waals surface area contributed by atoms with Crippen LogP contribution in [0.5, 0.6) is 0 Å². The Kier molecular flexibility index (Phi) is 4.41. The molecule has 5 nitrogen and oxygen atoms in total. The van der Waals surface area contributed by atoms with Crippen molar-refractivity contribution < 1.29 is 9.90 Å². The summed E-state index contributed by atoms with van der Waals surface area (Å²) in [4.78, 5) is 19.7. The van der Waals surface area contributed by atoms with Crippen molar-refractivity contribution in [2.45, 2.75) is 18.9 Å². The number of aromatic nitrogens is 1. The Morgan fingerprint density at radius 1 is 1.04 bits per heavy atom. The summed E-state index contributed by atoms with van der Waals surface area (Å²) in [5, 5.41) is 10.5. The van der Waals surface area contributed by atoms with E-state index in [1.165, 1.54) is 33.3 Å². The molecule has 5 rings (SSSR count). The molecule has 5 heteroatoms. The molecule has 1 saturated heterocycles. The van der Waals surface area contributed by atoms with E-state index in [1.807, 2.05) is 0 Å². The molecule has 28 heavy (non-hydrogen) atoms. The van der Waals surface area contributed by atoms with Gasteiger partial charge in [0.2, 0.25) is 5.91 Å². The average Bonchev–Trinajstić information content (AvgIpc) is 3.15. The minimum absolute atomic E-state index is 0.161. The first kappa shape index (κ1) is 17.5. The van der Waals surface area contributed by atoms with E-state index in [4.69, 9.17) is 5.11 Å². The molecular weight excluding hydrogens is 350 g/mol. The zero-order chi connectivity index (χ0) is 19.1. The number of rotatable bonds is 3. The summed E-state index contributed by atoms with van der Waals surface area (Å²) in [6, 6.07) is 17.6. The molecule has 144 valence electrons. The van der Waals surface area contributed by atoms with Gasteiger partial charge in [-0.25, -0.2) is 0 Å². The molecule has 0 radical (unpaired) electrons. The van der Waals surface area contributed by atoms with E-state index in [1.54, 1.807) is 4.90 Å². The van der Waals surface area contributed by atoms with Crippen LogP contribution in [0.3, 0.4) is 0 Å². The Morgan fingerprint density at radius 2 is 1.82 bits per heavy atom.